The summed E-state index contributed by atoms with van der Waals surface area (Å²) in [7, 11) is 0. The monoisotopic (exact) mass is 276 g/mol. The van der Waals surface area contributed by atoms with E-state index in [4.69, 9.17) is 9.84 Å². The topological polar surface area (TPSA) is 87.7 Å². The van der Waals surface area contributed by atoms with Gasteiger partial charge in [0.25, 0.3) is 0 Å². The van der Waals surface area contributed by atoms with Crippen LogP contribution in [0.2, 0.25) is 0 Å². The van der Waals surface area contributed by atoms with Crippen molar-refractivity contribution in [2.45, 2.75) is 31.3 Å². The predicted octanol–water partition coefficient (Wildman–Crippen LogP) is 0.671. The number of carbonyl (C=O) groups is 2. The van der Waals surface area contributed by atoms with Gasteiger partial charge >= 0.3 is 12.0 Å². The molecule has 7 heteroatoms. The highest BCUT2D eigenvalue weighted by Gasteiger charge is 2.44. The third-order valence-corrected chi connectivity index (χ3v) is 3.56. The Balaban J connectivity index is 2.45. The second kappa shape index (κ2) is 6.84. The largest absolute Gasteiger partial charge is 0.479 e. The molecule has 2 atom stereocenters. The van der Waals surface area contributed by atoms with E-state index >= 15 is 0 Å². The van der Waals surface area contributed by atoms with E-state index in [1.54, 1.807) is 11.8 Å². The van der Waals surface area contributed by atoms with Gasteiger partial charge in [-0.1, -0.05) is 0 Å². The molecule has 0 aromatic rings. The van der Waals surface area contributed by atoms with Crippen LogP contribution in [0.5, 0.6) is 0 Å². The molecule has 0 aromatic heterocycles. The Bertz CT molecular complexity index is 305. The highest BCUT2D eigenvalue weighted by molar-refractivity contribution is 7.98. The van der Waals surface area contributed by atoms with E-state index in [9.17, 15) is 9.59 Å². The van der Waals surface area contributed by atoms with Gasteiger partial charge in [-0.2, -0.15) is 11.8 Å². The number of hydrogen-bond donors (Lipinski definition) is 3. The molecule has 0 aliphatic carbocycles. The summed E-state index contributed by atoms with van der Waals surface area (Å²) in [6.45, 7) is 2.28. The number of amides is 2. The maximum atomic E-state index is 11.7. The molecule has 1 heterocycles. The summed E-state index contributed by atoms with van der Waals surface area (Å²) in [4.78, 5) is 22.9. The molecule has 0 aromatic carbocycles. The fourth-order valence-electron chi connectivity index (χ4n) is 1.73. The molecule has 0 bridgehead atoms. The molecule has 1 aliphatic heterocycles. The summed E-state index contributed by atoms with van der Waals surface area (Å²) in [5, 5.41) is 14.4. The normalized spacial score (nSPS) is 24.6. The van der Waals surface area contributed by atoms with E-state index in [-0.39, 0.29) is 12.6 Å². The van der Waals surface area contributed by atoms with Crippen molar-refractivity contribution < 1.29 is 19.4 Å². The van der Waals surface area contributed by atoms with Gasteiger partial charge in [-0.25, -0.2) is 9.59 Å². The van der Waals surface area contributed by atoms with Crippen molar-refractivity contribution in [1.29, 1.82) is 0 Å². The molecular weight excluding hydrogens is 256 g/mol. The number of thioether (sulfide) groups is 1. The van der Waals surface area contributed by atoms with Gasteiger partial charge < -0.3 is 20.5 Å². The zero-order valence-electron chi connectivity index (χ0n) is 10.7. The van der Waals surface area contributed by atoms with Crippen molar-refractivity contribution in [3.8, 4) is 0 Å². The van der Waals surface area contributed by atoms with E-state index < -0.39 is 17.5 Å². The lowest BCUT2D eigenvalue weighted by Gasteiger charge is -2.25. The zero-order valence-corrected chi connectivity index (χ0v) is 11.5. The number of nitrogens with one attached hydrogen (secondary N) is 2. The SMILES string of the molecule is CSCCC(C)NC(=O)NC1(C(=O)O)CCOC1. The zero-order chi connectivity index (χ0) is 13.6. The van der Waals surface area contributed by atoms with Crippen LogP contribution >= 0.6 is 11.8 Å². The lowest BCUT2D eigenvalue weighted by atomic mass is 9.99. The van der Waals surface area contributed by atoms with E-state index in [2.05, 4.69) is 10.6 Å². The second-order valence-electron chi connectivity index (χ2n) is 4.47. The standard InChI is InChI=1S/C11H20N2O4S/c1-8(3-6-18-2)12-10(16)13-11(9(14)15)4-5-17-7-11/h8H,3-7H2,1-2H3,(H,14,15)(H2,12,13,16). The minimum absolute atomic E-state index is 0.0191. The molecule has 2 amide bonds. The number of carboxylic acid groups (broad SMARTS) is 1. The molecule has 6 nitrogen and oxygen atoms in total. The summed E-state index contributed by atoms with van der Waals surface area (Å²) in [5.74, 6) is -0.0961. The summed E-state index contributed by atoms with van der Waals surface area (Å²) < 4.78 is 5.07. The summed E-state index contributed by atoms with van der Waals surface area (Å²) in [6.07, 6.45) is 3.15. The molecule has 0 radical (unpaired) electrons. The van der Waals surface area contributed by atoms with Crippen LogP contribution in [0.15, 0.2) is 0 Å². The molecule has 0 saturated carbocycles. The number of ether oxygens (including phenoxy) is 1. The molecule has 3 N–H and O–H groups in total. The van der Waals surface area contributed by atoms with Crippen molar-refractivity contribution in [1.82, 2.24) is 10.6 Å². The van der Waals surface area contributed by atoms with Gasteiger partial charge in [-0.3, -0.25) is 0 Å². The van der Waals surface area contributed by atoms with E-state index in [0.29, 0.717) is 13.0 Å². The van der Waals surface area contributed by atoms with Crippen LogP contribution in [0.3, 0.4) is 0 Å². The lowest BCUT2D eigenvalue weighted by Crippen LogP contribution is -2.58. The Labute approximate surface area is 111 Å². The first-order valence-electron chi connectivity index (χ1n) is 5.89. The van der Waals surface area contributed by atoms with Crippen molar-refractivity contribution in [2.24, 2.45) is 0 Å². The first-order chi connectivity index (χ1) is 8.50. The fourth-order valence-corrected chi connectivity index (χ4v) is 2.32. The van der Waals surface area contributed by atoms with Gasteiger partial charge in [-0.15, -0.1) is 0 Å². The maximum Gasteiger partial charge on any atom is 0.332 e. The number of urea groups is 1. The predicted molar refractivity (Wildman–Crippen MR) is 69.9 cm³/mol. The highest BCUT2D eigenvalue weighted by Crippen LogP contribution is 2.18. The summed E-state index contributed by atoms with van der Waals surface area (Å²) >= 11 is 1.71. The van der Waals surface area contributed by atoms with Crippen LogP contribution in [0, 0.1) is 0 Å². The number of hydrogen-bond acceptors (Lipinski definition) is 4. The molecule has 1 fully saturated rings. The Morgan fingerprint density at radius 2 is 2.28 bits per heavy atom. The third-order valence-electron chi connectivity index (χ3n) is 2.92. The van der Waals surface area contributed by atoms with E-state index in [0.717, 1.165) is 12.2 Å². The van der Waals surface area contributed by atoms with Crippen LogP contribution in [-0.2, 0) is 9.53 Å². The molecule has 104 valence electrons. The number of carboxylic acids is 1. The van der Waals surface area contributed by atoms with Gasteiger partial charge in [0, 0.05) is 19.1 Å². The summed E-state index contributed by atoms with van der Waals surface area (Å²) in [5.41, 5.74) is -1.27. The van der Waals surface area contributed by atoms with Gasteiger partial charge in [-0.05, 0) is 25.4 Å². The Hall–Kier alpha value is -0.950. The minimum Gasteiger partial charge on any atom is -0.479 e. The van der Waals surface area contributed by atoms with Crippen LogP contribution in [0.25, 0.3) is 0 Å². The molecule has 2 unspecified atom stereocenters. The maximum absolute atomic E-state index is 11.7. The Morgan fingerprint density at radius 1 is 1.56 bits per heavy atom. The number of carbonyl (C=O) groups excluding carboxylic acids is 1. The molecule has 1 rings (SSSR count). The van der Waals surface area contributed by atoms with Crippen LogP contribution in [-0.4, -0.2) is 53.9 Å². The van der Waals surface area contributed by atoms with Crippen LogP contribution < -0.4 is 10.6 Å². The van der Waals surface area contributed by atoms with Crippen LogP contribution in [0.4, 0.5) is 4.79 Å². The fraction of sp³-hybridized carbons (Fsp3) is 0.818. The average Bonchev–Trinajstić information content (AvgIpc) is 2.75. The molecule has 1 saturated heterocycles. The second-order valence-corrected chi connectivity index (χ2v) is 5.46. The molecule has 18 heavy (non-hydrogen) atoms. The lowest BCUT2D eigenvalue weighted by molar-refractivity contribution is -0.144. The van der Waals surface area contributed by atoms with Gasteiger partial charge in [0.2, 0.25) is 0 Å². The summed E-state index contributed by atoms with van der Waals surface area (Å²) in [6, 6.07) is -0.429. The van der Waals surface area contributed by atoms with E-state index in [1.165, 1.54) is 0 Å². The molecule has 0 spiro atoms. The highest BCUT2D eigenvalue weighted by atomic mass is 32.2. The number of rotatable bonds is 6. The third kappa shape index (κ3) is 4.06. The first-order valence-corrected chi connectivity index (χ1v) is 7.28. The Kier molecular flexibility index (Phi) is 5.74. The average molecular weight is 276 g/mol. The van der Waals surface area contributed by atoms with Gasteiger partial charge in [0.05, 0.1) is 6.61 Å². The molecular formula is C11H20N2O4S. The van der Waals surface area contributed by atoms with Crippen LogP contribution in [0.1, 0.15) is 19.8 Å². The minimum atomic E-state index is -1.27. The van der Waals surface area contributed by atoms with Crippen molar-refractivity contribution in [3.05, 3.63) is 0 Å². The van der Waals surface area contributed by atoms with E-state index in [1.807, 2.05) is 13.2 Å². The van der Waals surface area contributed by atoms with Crippen molar-refractivity contribution in [2.75, 3.05) is 25.2 Å². The van der Waals surface area contributed by atoms with Gasteiger partial charge in [0.15, 0.2) is 5.54 Å². The quantitative estimate of drug-likeness (QED) is 0.663. The van der Waals surface area contributed by atoms with Crippen molar-refractivity contribution in [3.63, 3.8) is 0 Å². The smallest absolute Gasteiger partial charge is 0.332 e. The molecule has 1 aliphatic rings. The Morgan fingerprint density at radius 3 is 2.78 bits per heavy atom. The first kappa shape index (κ1) is 15.1. The number of aliphatic carboxylic acids is 1. The van der Waals surface area contributed by atoms with Gasteiger partial charge in [0.1, 0.15) is 0 Å². The van der Waals surface area contributed by atoms with Crippen molar-refractivity contribution >= 4 is 23.8 Å².